The molecule has 0 aliphatic carbocycles. The number of carbonyl (C=O) groups excluding carboxylic acids is 1. The predicted molar refractivity (Wildman–Crippen MR) is 75.7 cm³/mol. The maximum atomic E-state index is 11.5. The molecule has 0 radical (unpaired) electrons. The number of carbonyl (C=O) groups is 2. The Morgan fingerprint density at radius 3 is 2.35 bits per heavy atom. The van der Waals surface area contributed by atoms with E-state index in [1.807, 2.05) is 31.2 Å². The molecule has 110 valence electrons. The topological polar surface area (TPSA) is 75.6 Å². The molecule has 0 aromatic heterocycles. The highest BCUT2D eigenvalue weighted by atomic mass is 16.5. The van der Waals surface area contributed by atoms with Crippen LogP contribution in [-0.2, 0) is 16.0 Å². The molecule has 2 atom stereocenters. The number of rotatable bonds is 7. The van der Waals surface area contributed by atoms with Gasteiger partial charge in [0, 0.05) is 6.54 Å². The monoisotopic (exact) mass is 279 g/mol. The number of amides is 1. The highest BCUT2D eigenvalue weighted by Gasteiger charge is 2.20. The normalized spacial score (nSPS) is 13.3. The predicted octanol–water partition coefficient (Wildman–Crippen LogP) is 1.71. The van der Waals surface area contributed by atoms with Crippen LogP contribution in [0.3, 0.4) is 0 Å². The van der Waals surface area contributed by atoms with Crippen molar-refractivity contribution in [3.63, 3.8) is 0 Å². The van der Waals surface area contributed by atoms with Crippen LogP contribution in [0.4, 0.5) is 0 Å². The average Bonchev–Trinajstić information content (AvgIpc) is 2.44. The van der Waals surface area contributed by atoms with E-state index in [9.17, 15) is 9.59 Å². The molecule has 0 saturated heterocycles. The van der Waals surface area contributed by atoms with Gasteiger partial charge in [-0.3, -0.25) is 9.59 Å². The van der Waals surface area contributed by atoms with Crippen LogP contribution in [0.25, 0.3) is 0 Å². The van der Waals surface area contributed by atoms with E-state index >= 15 is 0 Å². The summed E-state index contributed by atoms with van der Waals surface area (Å²) in [5, 5.41) is 11.4. The minimum atomic E-state index is -1.11. The summed E-state index contributed by atoms with van der Waals surface area (Å²) in [4.78, 5) is 22.2. The third kappa shape index (κ3) is 4.91. The number of methoxy groups -OCH3 is 1. The zero-order valence-corrected chi connectivity index (χ0v) is 12.1. The highest BCUT2D eigenvalue weighted by molar-refractivity contribution is 5.96. The summed E-state index contributed by atoms with van der Waals surface area (Å²) in [6.07, 6.45) is 0.811. The van der Waals surface area contributed by atoms with E-state index < -0.39 is 17.8 Å². The summed E-state index contributed by atoms with van der Waals surface area (Å²) in [5.74, 6) is -1.52. The summed E-state index contributed by atoms with van der Waals surface area (Å²) in [7, 11) is 1.62. The molecular weight excluding hydrogens is 258 g/mol. The van der Waals surface area contributed by atoms with Crippen molar-refractivity contribution in [1.82, 2.24) is 5.32 Å². The Kier molecular flexibility index (Phi) is 6.03. The SMILES string of the molecule is COc1ccc(CC(C)CNC(=O)C(C)C(=O)O)cc1. The number of aliphatic carboxylic acids is 1. The van der Waals surface area contributed by atoms with Crippen LogP contribution in [0.1, 0.15) is 19.4 Å². The quantitative estimate of drug-likeness (QED) is 0.745. The minimum absolute atomic E-state index is 0.230. The Morgan fingerprint density at radius 2 is 1.85 bits per heavy atom. The first kappa shape index (κ1) is 16.0. The largest absolute Gasteiger partial charge is 0.497 e. The lowest BCUT2D eigenvalue weighted by Crippen LogP contribution is -2.36. The lowest BCUT2D eigenvalue weighted by molar-refractivity contribution is -0.146. The fourth-order valence-electron chi connectivity index (χ4n) is 1.78. The molecule has 1 aromatic rings. The molecule has 5 nitrogen and oxygen atoms in total. The van der Waals surface area contributed by atoms with E-state index in [4.69, 9.17) is 9.84 Å². The standard InChI is InChI=1S/C15H21NO4/c1-10(9-16-14(17)11(2)15(18)19)8-12-4-6-13(20-3)7-5-12/h4-7,10-11H,8-9H2,1-3H3,(H,16,17)(H,18,19). The van der Waals surface area contributed by atoms with Crippen LogP contribution in [0.5, 0.6) is 5.75 Å². The third-order valence-corrected chi connectivity index (χ3v) is 3.13. The van der Waals surface area contributed by atoms with Gasteiger partial charge in [0.2, 0.25) is 5.91 Å². The summed E-state index contributed by atoms with van der Waals surface area (Å²) in [5.41, 5.74) is 1.15. The third-order valence-electron chi connectivity index (χ3n) is 3.13. The number of carboxylic acids is 1. The molecule has 0 aliphatic rings. The Hall–Kier alpha value is -2.04. The van der Waals surface area contributed by atoms with Gasteiger partial charge < -0.3 is 15.2 Å². The second kappa shape index (κ2) is 7.53. The van der Waals surface area contributed by atoms with Crippen molar-refractivity contribution in [2.45, 2.75) is 20.3 Å². The first-order valence-electron chi connectivity index (χ1n) is 6.57. The van der Waals surface area contributed by atoms with Crippen molar-refractivity contribution >= 4 is 11.9 Å². The van der Waals surface area contributed by atoms with E-state index in [-0.39, 0.29) is 5.92 Å². The molecule has 0 spiro atoms. The molecule has 20 heavy (non-hydrogen) atoms. The van der Waals surface area contributed by atoms with Crippen molar-refractivity contribution < 1.29 is 19.4 Å². The van der Waals surface area contributed by atoms with Crippen molar-refractivity contribution in [2.75, 3.05) is 13.7 Å². The van der Waals surface area contributed by atoms with Gasteiger partial charge in [-0.05, 0) is 37.0 Å². The van der Waals surface area contributed by atoms with Crippen LogP contribution in [0.2, 0.25) is 0 Å². The van der Waals surface area contributed by atoms with Gasteiger partial charge in [0.1, 0.15) is 11.7 Å². The maximum Gasteiger partial charge on any atom is 0.315 e. The van der Waals surface area contributed by atoms with Gasteiger partial charge >= 0.3 is 5.97 Å². The van der Waals surface area contributed by atoms with Gasteiger partial charge in [-0.2, -0.15) is 0 Å². The molecule has 2 N–H and O–H groups in total. The first-order valence-corrected chi connectivity index (χ1v) is 6.57. The Morgan fingerprint density at radius 1 is 1.25 bits per heavy atom. The zero-order valence-electron chi connectivity index (χ0n) is 12.1. The summed E-state index contributed by atoms with van der Waals surface area (Å²) < 4.78 is 5.09. The van der Waals surface area contributed by atoms with Gasteiger partial charge in [0.05, 0.1) is 7.11 Å². The summed E-state index contributed by atoms with van der Waals surface area (Å²) in [6, 6.07) is 7.76. The molecule has 0 heterocycles. The molecular formula is C15H21NO4. The smallest absolute Gasteiger partial charge is 0.315 e. The minimum Gasteiger partial charge on any atom is -0.497 e. The fourth-order valence-corrected chi connectivity index (χ4v) is 1.78. The van der Waals surface area contributed by atoms with Gasteiger partial charge in [-0.25, -0.2) is 0 Å². The van der Waals surface area contributed by atoms with Crippen molar-refractivity contribution in [1.29, 1.82) is 0 Å². The number of benzene rings is 1. The molecule has 5 heteroatoms. The zero-order chi connectivity index (χ0) is 15.1. The van der Waals surface area contributed by atoms with Crippen LogP contribution in [-0.4, -0.2) is 30.6 Å². The van der Waals surface area contributed by atoms with Crippen molar-refractivity contribution in [2.24, 2.45) is 11.8 Å². The number of hydrogen-bond donors (Lipinski definition) is 2. The molecule has 1 aromatic carbocycles. The van der Waals surface area contributed by atoms with E-state index in [0.29, 0.717) is 6.54 Å². The second-order valence-electron chi connectivity index (χ2n) is 4.96. The van der Waals surface area contributed by atoms with Gasteiger partial charge in [-0.15, -0.1) is 0 Å². The van der Waals surface area contributed by atoms with Gasteiger partial charge in [0.25, 0.3) is 0 Å². The first-order chi connectivity index (χ1) is 9.43. The Labute approximate surface area is 118 Å². The van der Waals surface area contributed by atoms with Gasteiger partial charge in [-0.1, -0.05) is 19.1 Å². The molecule has 0 saturated carbocycles. The Bertz CT molecular complexity index is 455. The highest BCUT2D eigenvalue weighted by Crippen LogP contribution is 2.14. The lowest BCUT2D eigenvalue weighted by atomic mass is 10.0. The van der Waals surface area contributed by atoms with E-state index in [1.165, 1.54) is 6.92 Å². The lowest BCUT2D eigenvalue weighted by Gasteiger charge is -2.14. The number of hydrogen-bond acceptors (Lipinski definition) is 3. The van der Waals surface area contributed by atoms with E-state index in [2.05, 4.69) is 5.32 Å². The summed E-state index contributed by atoms with van der Waals surface area (Å²) in [6.45, 7) is 3.85. The molecule has 0 fully saturated rings. The average molecular weight is 279 g/mol. The number of carboxylic acid groups (broad SMARTS) is 1. The van der Waals surface area contributed by atoms with E-state index in [1.54, 1.807) is 7.11 Å². The van der Waals surface area contributed by atoms with Crippen molar-refractivity contribution in [3.05, 3.63) is 29.8 Å². The van der Waals surface area contributed by atoms with E-state index in [0.717, 1.165) is 17.7 Å². The molecule has 1 amide bonds. The van der Waals surface area contributed by atoms with Crippen LogP contribution in [0.15, 0.2) is 24.3 Å². The molecule has 0 bridgehead atoms. The van der Waals surface area contributed by atoms with Crippen LogP contribution in [0, 0.1) is 11.8 Å². The number of ether oxygens (including phenoxy) is 1. The number of nitrogens with one attached hydrogen (secondary N) is 1. The fraction of sp³-hybridized carbons (Fsp3) is 0.467. The molecule has 0 aliphatic heterocycles. The van der Waals surface area contributed by atoms with Crippen LogP contribution >= 0.6 is 0 Å². The molecule has 1 rings (SSSR count). The maximum absolute atomic E-state index is 11.5. The summed E-state index contributed by atoms with van der Waals surface area (Å²) >= 11 is 0. The molecule has 2 unspecified atom stereocenters. The van der Waals surface area contributed by atoms with Crippen molar-refractivity contribution in [3.8, 4) is 5.75 Å². The van der Waals surface area contributed by atoms with Gasteiger partial charge in [0.15, 0.2) is 0 Å². The Balaban J connectivity index is 2.41. The van der Waals surface area contributed by atoms with Crippen LogP contribution < -0.4 is 10.1 Å². The second-order valence-corrected chi connectivity index (χ2v) is 4.96.